The zero-order valence-corrected chi connectivity index (χ0v) is 16.2. The summed E-state index contributed by atoms with van der Waals surface area (Å²) in [7, 11) is 3.28. The number of hydrogen-bond donors (Lipinski definition) is 3. The molecule has 2 aromatic carbocycles. The lowest BCUT2D eigenvalue weighted by Crippen LogP contribution is -2.01. The Labute approximate surface area is 164 Å². The first-order valence-corrected chi connectivity index (χ1v) is 9.35. The molecule has 6 heteroatoms. The van der Waals surface area contributed by atoms with Gasteiger partial charge in [0, 0.05) is 10.9 Å². The van der Waals surface area contributed by atoms with Crippen molar-refractivity contribution in [3.8, 4) is 22.8 Å². The number of aromatic nitrogens is 1. The predicted molar refractivity (Wildman–Crippen MR) is 110 cm³/mol. The standard InChI is InChI=1S/C22H26N2O4/c1-27-18-7-5-8-19(28-2)21(18)22-15(6-3-4-11-23)16-12-14(13-20(25)26)9-10-17(16)24-22/h5,7-10,12,24H,3-4,6,11,13,23H2,1-2H3,(H,25,26). The second-order valence-electron chi connectivity index (χ2n) is 6.71. The van der Waals surface area contributed by atoms with Gasteiger partial charge in [-0.15, -0.1) is 0 Å². The summed E-state index contributed by atoms with van der Waals surface area (Å²) in [5.74, 6) is 0.597. The Morgan fingerprint density at radius 1 is 1.11 bits per heavy atom. The first kappa shape index (κ1) is 19.8. The number of hydrogen-bond acceptors (Lipinski definition) is 4. The van der Waals surface area contributed by atoms with Gasteiger partial charge in [-0.3, -0.25) is 4.79 Å². The van der Waals surface area contributed by atoms with Gasteiger partial charge in [-0.25, -0.2) is 0 Å². The van der Waals surface area contributed by atoms with E-state index in [0.29, 0.717) is 6.54 Å². The summed E-state index contributed by atoms with van der Waals surface area (Å²) in [6, 6.07) is 11.4. The Kier molecular flexibility index (Phi) is 6.21. The zero-order valence-electron chi connectivity index (χ0n) is 16.2. The van der Waals surface area contributed by atoms with Gasteiger partial charge < -0.3 is 25.3 Å². The van der Waals surface area contributed by atoms with Crippen molar-refractivity contribution < 1.29 is 19.4 Å². The van der Waals surface area contributed by atoms with E-state index >= 15 is 0 Å². The molecule has 0 bridgehead atoms. The highest BCUT2D eigenvalue weighted by atomic mass is 16.5. The maximum absolute atomic E-state index is 11.1. The maximum atomic E-state index is 11.1. The normalized spacial score (nSPS) is 11.0. The highest BCUT2D eigenvalue weighted by Gasteiger charge is 2.20. The smallest absolute Gasteiger partial charge is 0.307 e. The summed E-state index contributed by atoms with van der Waals surface area (Å²) in [5.41, 5.74) is 10.3. The Morgan fingerprint density at radius 2 is 1.82 bits per heavy atom. The van der Waals surface area contributed by atoms with Crippen LogP contribution in [0.4, 0.5) is 0 Å². The lowest BCUT2D eigenvalue weighted by molar-refractivity contribution is -0.136. The van der Waals surface area contributed by atoms with Crippen LogP contribution < -0.4 is 15.2 Å². The molecule has 148 valence electrons. The molecule has 1 heterocycles. The second-order valence-corrected chi connectivity index (χ2v) is 6.71. The number of carbonyl (C=O) groups is 1. The lowest BCUT2D eigenvalue weighted by Gasteiger charge is -2.14. The van der Waals surface area contributed by atoms with E-state index in [0.717, 1.165) is 64.0 Å². The minimum Gasteiger partial charge on any atom is -0.496 e. The Morgan fingerprint density at radius 3 is 2.43 bits per heavy atom. The van der Waals surface area contributed by atoms with Crippen LogP contribution >= 0.6 is 0 Å². The molecule has 6 nitrogen and oxygen atoms in total. The number of carboxylic acids is 1. The number of carboxylic acid groups (broad SMARTS) is 1. The van der Waals surface area contributed by atoms with Crippen molar-refractivity contribution in [2.75, 3.05) is 20.8 Å². The number of unbranched alkanes of at least 4 members (excludes halogenated alkanes) is 1. The summed E-state index contributed by atoms with van der Waals surface area (Å²) < 4.78 is 11.2. The molecule has 0 saturated carbocycles. The minimum atomic E-state index is -0.841. The number of rotatable bonds is 9. The fourth-order valence-electron chi connectivity index (χ4n) is 3.60. The quantitative estimate of drug-likeness (QED) is 0.490. The minimum absolute atomic E-state index is 0.00330. The molecule has 0 aliphatic carbocycles. The van der Waals surface area contributed by atoms with Gasteiger partial charge in [-0.1, -0.05) is 12.1 Å². The average molecular weight is 382 g/mol. The van der Waals surface area contributed by atoms with Crippen molar-refractivity contribution in [3.05, 3.63) is 47.5 Å². The monoisotopic (exact) mass is 382 g/mol. The van der Waals surface area contributed by atoms with Gasteiger partial charge in [0.2, 0.25) is 0 Å². The van der Waals surface area contributed by atoms with Gasteiger partial charge >= 0.3 is 5.97 Å². The summed E-state index contributed by atoms with van der Waals surface area (Å²) in [6.07, 6.45) is 2.68. The number of benzene rings is 2. The van der Waals surface area contributed by atoms with Crippen LogP contribution in [0.1, 0.15) is 24.0 Å². The molecule has 0 saturated heterocycles. The molecule has 1 aromatic heterocycles. The van der Waals surface area contributed by atoms with Crippen molar-refractivity contribution in [2.45, 2.75) is 25.7 Å². The van der Waals surface area contributed by atoms with Crippen molar-refractivity contribution in [2.24, 2.45) is 5.73 Å². The number of nitrogens with one attached hydrogen (secondary N) is 1. The summed E-state index contributed by atoms with van der Waals surface area (Å²) in [5, 5.41) is 10.2. The topological polar surface area (TPSA) is 97.6 Å². The van der Waals surface area contributed by atoms with Gasteiger partial charge in [-0.05, 0) is 61.2 Å². The molecule has 0 spiro atoms. The summed E-state index contributed by atoms with van der Waals surface area (Å²) in [6.45, 7) is 0.639. The first-order valence-electron chi connectivity index (χ1n) is 9.35. The molecule has 0 radical (unpaired) electrons. The Balaban J connectivity index is 2.21. The summed E-state index contributed by atoms with van der Waals surface area (Å²) in [4.78, 5) is 14.6. The zero-order chi connectivity index (χ0) is 20.1. The van der Waals surface area contributed by atoms with Crippen LogP contribution in [0.25, 0.3) is 22.2 Å². The van der Waals surface area contributed by atoms with Crippen LogP contribution in [0.3, 0.4) is 0 Å². The number of aliphatic carboxylic acids is 1. The number of nitrogens with two attached hydrogens (primary N) is 1. The molecular formula is C22H26N2O4. The molecule has 0 unspecified atom stereocenters. The molecule has 0 aliphatic heterocycles. The van der Waals surface area contributed by atoms with E-state index in [2.05, 4.69) is 4.98 Å². The first-order chi connectivity index (χ1) is 13.6. The third kappa shape index (κ3) is 3.97. The van der Waals surface area contributed by atoms with Gasteiger partial charge in [0.1, 0.15) is 11.5 Å². The fraction of sp³-hybridized carbons (Fsp3) is 0.318. The van der Waals surface area contributed by atoms with Crippen LogP contribution in [0.2, 0.25) is 0 Å². The van der Waals surface area contributed by atoms with Gasteiger partial charge in [0.05, 0.1) is 31.9 Å². The van der Waals surface area contributed by atoms with Gasteiger partial charge in [0.25, 0.3) is 0 Å². The maximum Gasteiger partial charge on any atom is 0.307 e. The SMILES string of the molecule is COc1cccc(OC)c1-c1[nH]c2ccc(CC(=O)O)cc2c1CCCCN. The van der Waals surface area contributed by atoms with Crippen LogP contribution in [-0.2, 0) is 17.6 Å². The number of aromatic amines is 1. The van der Waals surface area contributed by atoms with E-state index in [1.54, 1.807) is 14.2 Å². The van der Waals surface area contributed by atoms with Crippen molar-refractivity contribution in [1.29, 1.82) is 0 Å². The molecule has 4 N–H and O–H groups in total. The number of ether oxygens (including phenoxy) is 2. The van der Waals surface area contributed by atoms with E-state index in [-0.39, 0.29) is 6.42 Å². The average Bonchev–Trinajstić information content (AvgIpc) is 3.04. The third-order valence-corrected chi connectivity index (χ3v) is 4.88. The molecule has 0 fully saturated rings. The molecular weight excluding hydrogens is 356 g/mol. The van der Waals surface area contributed by atoms with E-state index in [4.69, 9.17) is 20.3 Å². The van der Waals surface area contributed by atoms with E-state index < -0.39 is 5.97 Å². The molecule has 3 rings (SSSR count). The van der Waals surface area contributed by atoms with Crippen LogP contribution in [0.15, 0.2) is 36.4 Å². The van der Waals surface area contributed by atoms with Crippen LogP contribution in [0.5, 0.6) is 11.5 Å². The van der Waals surface area contributed by atoms with E-state index in [1.807, 2.05) is 36.4 Å². The second kappa shape index (κ2) is 8.80. The van der Waals surface area contributed by atoms with Crippen molar-refractivity contribution >= 4 is 16.9 Å². The van der Waals surface area contributed by atoms with Crippen LogP contribution in [0, 0.1) is 0 Å². The molecule has 0 aliphatic rings. The molecule has 28 heavy (non-hydrogen) atoms. The number of aryl methyl sites for hydroxylation is 1. The third-order valence-electron chi connectivity index (χ3n) is 4.88. The summed E-state index contributed by atoms with van der Waals surface area (Å²) >= 11 is 0. The lowest BCUT2D eigenvalue weighted by atomic mass is 9.98. The van der Waals surface area contributed by atoms with E-state index in [1.165, 1.54) is 0 Å². The largest absolute Gasteiger partial charge is 0.496 e. The van der Waals surface area contributed by atoms with Crippen molar-refractivity contribution in [1.82, 2.24) is 4.98 Å². The highest BCUT2D eigenvalue weighted by molar-refractivity contribution is 5.94. The van der Waals surface area contributed by atoms with Crippen molar-refractivity contribution in [3.63, 3.8) is 0 Å². The predicted octanol–water partition coefficient (Wildman–Crippen LogP) is 3.76. The molecule has 3 aromatic rings. The Hall–Kier alpha value is -2.99. The number of fused-ring (bicyclic) bond motifs is 1. The number of H-pyrrole nitrogens is 1. The van der Waals surface area contributed by atoms with Crippen LogP contribution in [-0.4, -0.2) is 36.8 Å². The Bertz CT molecular complexity index is 956. The fourth-order valence-corrected chi connectivity index (χ4v) is 3.60. The van der Waals surface area contributed by atoms with Gasteiger partial charge in [-0.2, -0.15) is 0 Å². The van der Waals surface area contributed by atoms with E-state index in [9.17, 15) is 4.79 Å². The molecule has 0 atom stereocenters. The molecule has 0 amide bonds. The number of methoxy groups -OCH3 is 2. The van der Waals surface area contributed by atoms with Gasteiger partial charge in [0.15, 0.2) is 0 Å². The highest BCUT2D eigenvalue weighted by Crippen LogP contribution is 2.42.